The minimum atomic E-state index is -1.17. The number of carbonyl (C=O) groups is 3. The van der Waals surface area contributed by atoms with Crippen molar-refractivity contribution in [1.29, 1.82) is 5.41 Å². The summed E-state index contributed by atoms with van der Waals surface area (Å²) in [5, 5.41) is 36.7. The first-order chi connectivity index (χ1) is 14.5. The zero-order valence-electron chi connectivity index (χ0n) is 17.9. The third kappa shape index (κ3) is 4.01. The van der Waals surface area contributed by atoms with Gasteiger partial charge in [-0.3, -0.25) is 15.0 Å². The van der Waals surface area contributed by atoms with Gasteiger partial charge in [-0.05, 0) is 26.5 Å². The fourth-order valence-electron chi connectivity index (χ4n) is 4.94. The Balaban J connectivity index is 1.83. The lowest BCUT2D eigenvalue weighted by atomic mass is 9.79. The number of likely N-dealkylation sites (tertiary alicyclic amines) is 1. The number of hydrogen-bond acceptors (Lipinski definition) is 8. The number of aliphatic hydroxyl groups excluding tert-OH is 2. The minimum Gasteiger partial charge on any atom is -0.477 e. The highest BCUT2D eigenvalue weighted by Crippen LogP contribution is 2.52. The fraction of sp³-hybridized carbons (Fsp3) is 0.700. The molecule has 0 spiro atoms. The summed E-state index contributed by atoms with van der Waals surface area (Å²) in [5.74, 6) is -2.66. The second-order valence-corrected chi connectivity index (χ2v) is 10.7. The highest BCUT2D eigenvalue weighted by Gasteiger charge is 2.60. The average molecular weight is 472 g/mol. The van der Waals surface area contributed by atoms with E-state index >= 15 is 0 Å². The summed E-state index contributed by atoms with van der Waals surface area (Å²) in [6.45, 7) is 5.32. The molecule has 0 aromatic carbocycles. The molecule has 1 amide bonds. The Kier molecular flexibility index (Phi) is 7.09. The number of amides is 1. The highest BCUT2D eigenvalue weighted by molar-refractivity contribution is 8.03. The van der Waals surface area contributed by atoms with Gasteiger partial charge in [0.25, 0.3) is 0 Å². The van der Waals surface area contributed by atoms with E-state index in [-0.39, 0.29) is 40.6 Å². The predicted molar refractivity (Wildman–Crippen MR) is 119 cm³/mol. The molecule has 0 aromatic heterocycles. The Morgan fingerprint density at radius 1 is 1.29 bits per heavy atom. The molecule has 9 nitrogen and oxygen atoms in total. The van der Waals surface area contributed by atoms with Gasteiger partial charge in [0.2, 0.25) is 5.91 Å². The van der Waals surface area contributed by atoms with E-state index in [4.69, 9.17) is 5.41 Å². The van der Waals surface area contributed by atoms with Crippen molar-refractivity contribution in [3.8, 4) is 0 Å². The number of nitrogens with one attached hydrogen (secondary N) is 1. The van der Waals surface area contributed by atoms with Crippen molar-refractivity contribution >= 4 is 47.5 Å². The molecule has 2 saturated heterocycles. The van der Waals surface area contributed by atoms with Gasteiger partial charge in [-0.1, -0.05) is 6.92 Å². The van der Waals surface area contributed by atoms with Crippen LogP contribution in [0.2, 0.25) is 0 Å². The number of thioether (sulfide) groups is 2. The van der Waals surface area contributed by atoms with Crippen molar-refractivity contribution in [1.82, 2.24) is 9.80 Å². The number of rotatable bonds is 9. The first-order valence-corrected chi connectivity index (χ1v) is 12.4. The summed E-state index contributed by atoms with van der Waals surface area (Å²) in [5.41, 5.74) is -0.0178. The van der Waals surface area contributed by atoms with E-state index in [9.17, 15) is 29.7 Å². The van der Waals surface area contributed by atoms with E-state index in [2.05, 4.69) is 0 Å². The van der Waals surface area contributed by atoms with Crippen molar-refractivity contribution < 1.29 is 29.7 Å². The topological polar surface area (TPSA) is 142 Å². The third-order valence-electron chi connectivity index (χ3n) is 6.41. The molecule has 0 aromatic rings. The third-order valence-corrected chi connectivity index (χ3v) is 8.96. The molecule has 3 heterocycles. The van der Waals surface area contributed by atoms with E-state index in [0.717, 1.165) is 0 Å². The number of ketones is 1. The van der Waals surface area contributed by atoms with E-state index < -0.39 is 29.3 Å². The van der Waals surface area contributed by atoms with E-state index in [1.54, 1.807) is 18.1 Å². The molecule has 172 valence electrons. The predicted octanol–water partition coefficient (Wildman–Crippen LogP) is 0.605. The van der Waals surface area contributed by atoms with Gasteiger partial charge in [-0.2, -0.15) is 11.8 Å². The van der Waals surface area contributed by atoms with Crippen LogP contribution in [0.1, 0.15) is 27.2 Å². The molecule has 3 rings (SSSR count). The van der Waals surface area contributed by atoms with Crippen molar-refractivity contribution in [2.24, 2.45) is 11.8 Å². The fourth-order valence-corrected chi connectivity index (χ4v) is 7.50. The molecule has 2 unspecified atom stereocenters. The average Bonchev–Trinajstić information content (AvgIpc) is 3.20. The Labute approximate surface area is 189 Å². The maximum atomic E-state index is 12.5. The molecule has 4 N–H and O–H groups in total. The van der Waals surface area contributed by atoms with Crippen molar-refractivity contribution in [2.45, 2.75) is 62.0 Å². The summed E-state index contributed by atoms with van der Waals surface area (Å²) < 4.78 is 0. The van der Waals surface area contributed by atoms with Crippen LogP contribution in [0, 0.1) is 17.2 Å². The molecule has 0 saturated carbocycles. The van der Waals surface area contributed by atoms with Gasteiger partial charge in [0.15, 0.2) is 5.78 Å². The molecular weight excluding hydrogens is 442 g/mol. The van der Waals surface area contributed by atoms with E-state index in [1.807, 2.05) is 6.92 Å². The number of aliphatic hydroxyl groups is 2. The van der Waals surface area contributed by atoms with Gasteiger partial charge < -0.3 is 25.1 Å². The smallest absolute Gasteiger partial charge is 0.353 e. The number of aliphatic carboxylic acids is 1. The molecule has 2 fully saturated rings. The van der Waals surface area contributed by atoms with Crippen LogP contribution in [-0.2, 0) is 14.4 Å². The van der Waals surface area contributed by atoms with Crippen LogP contribution in [-0.4, -0.2) is 96.7 Å². The number of carbonyl (C=O) groups excluding carboxylic acids is 2. The van der Waals surface area contributed by atoms with Crippen LogP contribution in [0.4, 0.5) is 0 Å². The van der Waals surface area contributed by atoms with Crippen LogP contribution < -0.4 is 0 Å². The van der Waals surface area contributed by atoms with Gasteiger partial charge in [0.05, 0.1) is 29.7 Å². The van der Waals surface area contributed by atoms with E-state index in [0.29, 0.717) is 17.9 Å². The number of carboxylic acid groups (broad SMARTS) is 1. The van der Waals surface area contributed by atoms with Gasteiger partial charge in [-0.25, -0.2) is 4.79 Å². The minimum absolute atomic E-state index is 0.0178. The SMILES string of the molecule is CSC(C(=O)C(C)O)[C@@H]1C[C@H](SC2=C(C(=O)O)N3C(=O)[C@H]([C@@H](C)O)[C@H]3[C@H]2C)CN1C=N. The van der Waals surface area contributed by atoms with Crippen molar-refractivity contribution in [3.05, 3.63) is 10.6 Å². The van der Waals surface area contributed by atoms with Gasteiger partial charge >= 0.3 is 5.97 Å². The van der Waals surface area contributed by atoms with Crippen molar-refractivity contribution in [3.63, 3.8) is 0 Å². The Morgan fingerprint density at radius 2 is 1.94 bits per heavy atom. The zero-order chi connectivity index (χ0) is 23.2. The molecule has 31 heavy (non-hydrogen) atoms. The molecule has 11 heteroatoms. The number of fused-ring (bicyclic) bond motifs is 1. The maximum absolute atomic E-state index is 12.5. The lowest BCUT2D eigenvalue weighted by molar-refractivity contribution is -0.163. The monoisotopic (exact) mass is 471 g/mol. The van der Waals surface area contributed by atoms with Crippen molar-refractivity contribution in [2.75, 3.05) is 12.8 Å². The van der Waals surface area contributed by atoms with Gasteiger partial charge in [0, 0.05) is 28.7 Å². The lowest BCUT2D eigenvalue weighted by Crippen LogP contribution is -2.63. The summed E-state index contributed by atoms with van der Waals surface area (Å²) in [6.07, 6.45) is 1.58. The first-order valence-electron chi connectivity index (χ1n) is 10.2. The van der Waals surface area contributed by atoms with Crippen LogP contribution in [0.3, 0.4) is 0 Å². The molecule has 0 aliphatic carbocycles. The molecule has 0 radical (unpaired) electrons. The maximum Gasteiger partial charge on any atom is 0.353 e. The van der Waals surface area contributed by atoms with Crippen LogP contribution in [0.15, 0.2) is 10.6 Å². The summed E-state index contributed by atoms with van der Waals surface area (Å²) in [7, 11) is 0. The van der Waals surface area contributed by atoms with Crippen LogP contribution in [0.5, 0.6) is 0 Å². The van der Waals surface area contributed by atoms with Gasteiger partial charge in [0.1, 0.15) is 11.8 Å². The normalized spacial score (nSPS) is 33.1. The lowest BCUT2D eigenvalue weighted by Gasteiger charge is -2.46. The number of β-lactam (4-membered cyclic amide) rings is 1. The largest absolute Gasteiger partial charge is 0.477 e. The number of hydrogen-bond donors (Lipinski definition) is 4. The molecular formula is C20H29N3O6S2. The second kappa shape index (κ2) is 9.13. The zero-order valence-corrected chi connectivity index (χ0v) is 19.5. The second-order valence-electron chi connectivity index (χ2n) is 8.38. The number of Topliss-reactive ketones (excluding diaryl/α,β-unsaturated/α-hetero) is 1. The quantitative estimate of drug-likeness (QED) is 0.216. The summed E-state index contributed by atoms with van der Waals surface area (Å²) in [6, 6.07) is -0.644. The molecule has 3 aliphatic heterocycles. The first kappa shape index (κ1) is 24.1. The Morgan fingerprint density at radius 3 is 2.42 bits per heavy atom. The Hall–Kier alpha value is -1.56. The standard InChI is InChI=1S/C20H29N3O6S2/c1-8-14-13(9(2)24)19(27)23(14)15(20(28)29)17(8)31-11-5-12(22(6-11)7-21)18(30-4)16(26)10(3)25/h7-14,18,21,24-25H,5-6H2,1-4H3,(H,28,29)/t8-,9-,10?,11+,12+,13-,14-,18?/m1/s1. The van der Waals surface area contributed by atoms with Crippen LogP contribution in [0.25, 0.3) is 0 Å². The molecule has 8 atom stereocenters. The van der Waals surface area contributed by atoms with Crippen LogP contribution >= 0.6 is 23.5 Å². The van der Waals surface area contributed by atoms with Gasteiger partial charge in [-0.15, -0.1) is 11.8 Å². The summed E-state index contributed by atoms with van der Waals surface area (Å²) >= 11 is 2.73. The molecule has 0 bridgehead atoms. The number of nitrogens with zero attached hydrogens (tertiary/aromatic N) is 2. The molecule has 3 aliphatic rings. The van der Waals surface area contributed by atoms with E-state index in [1.165, 1.54) is 41.7 Å². The highest BCUT2D eigenvalue weighted by atomic mass is 32.2. The number of carboxylic acids is 1. The Bertz CT molecular complexity index is 817. The summed E-state index contributed by atoms with van der Waals surface area (Å²) in [4.78, 5) is 40.6.